The quantitative estimate of drug-likeness (QED) is 0.603. The molecule has 0 aliphatic rings. The van der Waals surface area contributed by atoms with Crippen LogP contribution in [0.3, 0.4) is 0 Å². The van der Waals surface area contributed by atoms with Gasteiger partial charge in [0.05, 0.1) is 0 Å². The summed E-state index contributed by atoms with van der Waals surface area (Å²) >= 11 is 8.85. The molecule has 0 unspecified atom stereocenters. The van der Waals surface area contributed by atoms with Crippen molar-refractivity contribution in [3.63, 3.8) is 0 Å². The molecule has 0 bridgehead atoms. The second kappa shape index (κ2) is 5.79. The van der Waals surface area contributed by atoms with Crippen molar-refractivity contribution in [1.29, 1.82) is 0 Å². The van der Waals surface area contributed by atoms with E-state index in [1.165, 1.54) is 12.1 Å². The Kier molecular flexibility index (Phi) is 4.31. The minimum atomic E-state index is -1.09. The van der Waals surface area contributed by atoms with E-state index in [0.717, 1.165) is 6.07 Å². The SMILES string of the molecule is CCc1nc(Cl)cc(Oc2cc(Br)cc(F)c2F)n1. The normalized spacial score (nSPS) is 10.6. The number of hydrogen-bond donors (Lipinski definition) is 0. The minimum Gasteiger partial charge on any atom is -0.436 e. The Labute approximate surface area is 121 Å². The topological polar surface area (TPSA) is 35.0 Å². The van der Waals surface area contributed by atoms with Gasteiger partial charge in [0.1, 0.15) is 11.0 Å². The van der Waals surface area contributed by atoms with Crippen LogP contribution in [0.2, 0.25) is 5.15 Å². The molecule has 0 fully saturated rings. The first kappa shape index (κ1) is 14.1. The summed E-state index contributed by atoms with van der Waals surface area (Å²) in [5, 5.41) is 0.178. The Balaban J connectivity index is 2.38. The maximum absolute atomic E-state index is 13.6. The van der Waals surface area contributed by atoms with E-state index in [1.54, 1.807) is 0 Å². The average molecular weight is 350 g/mol. The van der Waals surface area contributed by atoms with Crippen LogP contribution in [-0.4, -0.2) is 9.97 Å². The highest BCUT2D eigenvalue weighted by atomic mass is 79.9. The highest BCUT2D eigenvalue weighted by Crippen LogP contribution is 2.29. The zero-order chi connectivity index (χ0) is 14.0. The lowest BCUT2D eigenvalue weighted by atomic mass is 10.3. The van der Waals surface area contributed by atoms with Gasteiger partial charge in [0.15, 0.2) is 11.6 Å². The second-order valence-electron chi connectivity index (χ2n) is 3.60. The molecule has 19 heavy (non-hydrogen) atoms. The monoisotopic (exact) mass is 348 g/mol. The number of rotatable bonds is 3. The highest BCUT2D eigenvalue weighted by Gasteiger charge is 2.13. The Bertz CT molecular complexity index is 625. The van der Waals surface area contributed by atoms with Crippen LogP contribution in [0.4, 0.5) is 8.78 Å². The van der Waals surface area contributed by atoms with Crippen LogP contribution in [0.25, 0.3) is 0 Å². The number of nitrogens with zero attached hydrogens (tertiary/aromatic N) is 2. The summed E-state index contributed by atoms with van der Waals surface area (Å²) in [5.41, 5.74) is 0. The van der Waals surface area contributed by atoms with E-state index >= 15 is 0 Å². The molecule has 0 saturated heterocycles. The van der Waals surface area contributed by atoms with E-state index in [4.69, 9.17) is 16.3 Å². The summed E-state index contributed by atoms with van der Waals surface area (Å²) in [5.74, 6) is -1.86. The third-order valence-electron chi connectivity index (χ3n) is 2.21. The molecule has 7 heteroatoms. The van der Waals surface area contributed by atoms with Gasteiger partial charge in [0, 0.05) is 17.0 Å². The fourth-order valence-corrected chi connectivity index (χ4v) is 1.97. The first-order valence-corrected chi connectivity index (χ1v) is 6.52. The van der Waals surface area contributed by atoms with E-state index in [-0.39, 0.29) is 16.8 Å². The van der Waals surface area contributed by atoms with Gasteiger partial charge in [-0.15, -0.1) is 0 Å². The van der Waals surface area contributed by atoms with Gasteiger partial charge < -0.3 is 4.74 Å². The third kappa shape index (κ3) is 3.39. The third-order valence-corrected chi connectivity index (χ3v) is 2.86. The molecule has 3 nitrogen and oxygen atoms in total. The van der Waals surface area contributed by atoms with E-state index in [0.29, 0.717) is 16.7 Å². The molecule has 0 aliphatic heterocycles. The van der Waals surface area contributed by atoms with E-state index < -0.39 is 11.6 Å². The molecule has 1 aromatic carbocycles. The molecule has 0 radical (unpaired) electrons. The smallest absolute Gasteiger partial charge is 0.224 e. The molecule has 2 rings (SSSR count). The largest absolute Gasteiger partial charge is 0.436 e. The van der Waals surface area contributed by atoms with E-state index in [1.807, 2.05) is 6.92 Å². The van der Waals surface area contributed by atoms with Gasteiger partial charge in [-0.25, -0.2) is 9.37 Å². The van der Waals surface area contributed by atoms with Crippen LogP contribution < -0.4 is 4.74 Å². The lowest BCUT2D eigenvalue weighted by molar-refractivity contribution is 0.403. The molecule has 0 aliphatic carbocycles. The van der Waals surface area contributed by atoms with Crippen molar-refractivity contribution in [3.05, 3.63) is 45.3 Å². The van der Waals surface area contributed by atoms with Crippen LogP contribution in [0.1, 0.15) is 12.7 Å². The van der Waals surface area contributed by atoms with Crippen LogP contribution in [0, 0.1) is 11.6 Å². The van der Waals surface area contributed by atoms with Gasteiger partial charge >= 0.3 is 0 Å². The van der Waals surface area contributed by atoms with Crippen molar-refractivity contribution in [2.24, 2.45) is 0 Å². The first-order chi connectivity index (χ1) is 8.99. The summed E-state index contributed by atoms with van der Waals surface area (Å²) in [7, 11) is 0. The van der Waals surface area contributed by atoms with Crippen LogP contribution >= 0.6 is 27.5 Å². The average Bonchev–Trinajstić information content (AvgIpc) is 2.34. The van der Waals surface area contributed by atoms with Crippen molar-refractivity contribution < 1.29 is 13.5 Å². The molecule has 0 spiro atoms. The Hall–Kier alpha value is -1.27. The first-order valence-electron chi connectivity index (χ1n) is 5.35. The molecular weight excluding hydrogens is 341 g/mol. The van der Waals surface area contributed by atoms with Crippen molar-refractivity contribution in [2.45, 2.75) is 13.3 Å². The zero-order valence-electron chi connectivity index (χ0n) is 9.75. The summed E-state index contributed by atoms with van der Waals surface area (Å²) in [6.45, 7) is 1.84. The predicted octanol–water partition coefficient (Wildman–Crippen LogP) is 4.53. The molecule has 2 aromatic rings. The maximum Gasteiger partial charge on any atom is 0.224 e. The molecule has 1 aromatic heterocycles. The van der Waals surface area contributed by atoms with E-state index in [9.17, 15) is 8.78 Å². The summed E-state index contributed by atoms with van der Waals surface area (Å²) in [6, 6.07) is 3.64. The Morgan fingerprint density at radius 2 is 2.00 bits per heavy atom. The molecule has 1 heterocycles. The van der Waals surface area contributed by atoms with Crippen LogP contribution in [0.15, 0.2) is 22.7 Å². The molecular formula is C12H8BrClF2N2O. The van der Waals surface area contributed by atoms with Crippen LogP contribution in [0.5, 0.6) is 11.6 Å². The molecule has 0 saturated carbocycles. The minimum absolute atomic E-state index is 0.0632. The molecule has 0 N–H and O–H groups in total. The summed E-state index contributed by atoms with van der Waals surface area (Å²) in [4.78, 5) is 7.97. The standard InChI is InChI=1S/C12H8BrClF2N2O/c1-2-10-17-9(14)5-11(18-10)19-8-4-6(13)3-7(15)12(8)16/h3-5H,2H2,1H3. The number of benzene rings is 1. The fraction of sp³-hybridized carbons (Fsp3) is 0.167. The van der Waals surface area contributed by atoms with Gasteiger partial charge in [0.2, 0.25) is 11.7 Å². The highest BCUT2D eigenvalue weighted by molar-refractivity contribution is 9.10. The lowest BCUT2D eigenvalue weighted by Gasteiger charge is -2.08. The van der Waals surface area contributed by atoms with Crippen molar-refractivity contribution >= 4 is 27.5 Å². The summed E-state index contributed by atoms with van der Waals surface area (Å²) in [6.07, 6.45) is 0.548. The van der Waals surface area contributed by atoms with Gasteiger partial charge in [-0.1, -0.05) is 34.5 Å². The number of ether oxygens (including phenoxy) is 1. The number of hydrogen-bond acceptors (Lipinski definition) is 3. The van der Waals surface area contributed by atoms with Crippen LogP contribution in [-0.2, 0) is 6.42 Å². The number of halogens is 4. The number of aromatic nitrogens is 2. The summed E-state index contributed by atoms with van der Waals surface area (Å²) < 4.78 is 32.3. The Morgan fingerprint density at radius 3 is 2.68 bits per heavy atom. The Morgan fingerprint density at radius 1 is 1.26 bits per heavy atom. The molecule has 0 atom stereocenters. The van der Waals surface area contributed by atoms with Crippen molar-refractivity contribution in [1.82, 2.24) is 9.97 Å². The van der Waals surface area contributed by atoms with Gasteiger partial charge in [-0.2, -0.15) is 9.37 Å². The predicted molar refractivity (Wildman–Crippen MR) is 70.6 cm³/mol. The zero-order valence-corrected chi connectivity index (χ0v) is 12.1. The van der Waals surface area contributed by atoms with Gasteiger partial charge in [0.25, 0.3) is 0 Å². The van der Waals surface area contributed by atoms with Crippen molar-refractivity contribution in [2.75, 3.05) is 0 Å². The molecule has 0 amide bonds. The second-order valence-corrected chi connectivity index (χ2v) is 4.90. The number of aryl methyl sites for hydroxylation is 1. The van der Waals surface area contributed by atoms with Gasteiger partial charge in [-0.3, -0.25) is 0 Å². The molecule has 100 valence electrons. The maximum atomic E-state index is 13.6. The van der Waals surface area contributed by atoms with E-state index in [2.05, 4.69) is 25.9 Å². The van der Waals surface area contributed by atoms with Crippen molar-refractivity contribution in [3.8, 4) is 11.6 Å². The fourth-order valence-electron chi connectivity index (χ4n) is 1.37. The lowest BCUT2D eigenvalue weighted by Crippen LogP contribution is -1.98. The van der Waals surface area contributed by atoms with Gasteiger partial charge in [-0.05, 0) is 12.1 Å².